The summed E-state index contributed by atoms with van der Waals surface area (Å²) in [4.78, 5) is 24.5. The van der Waals surface area contributed by atoms with Crippen molar-refractivity contribution in [2.45, 2.75) is 70.2 Å². The van der Waals surface area contributed by atoms with E-state index in [2.05, 4.69) is 28.2 Å². The summed E-state index contributed by atoms with van der Waals surface area (Å²) in [5.74, 6) is -0.489. The standard InChI is InChI=1S/C22H37N5O4S/c1-4-7-14-23-19-13-12-18(32(30,31)27(5-2)6-3)15-20(19)24-16-21(28)26-22(29)25-17-10-8-9-11-17/h12-13,15,17,23-24H,4-11,14,16H2,1-3H3,(H2,25,26,28,29). The molecule has 9 nitrogen and oxygen atoms in total. The number of nitrogens with zero attached hydrogens (tertiary/aromatic N) is 1. The molecule has 1 aromatic rings. The van der Waals surface area contributed by atoms with E-state index in [4.69, 9.17) is 0 Å². The predicted molar refractivity (Wildman–Crippen MR) is 127 cm³/mol. The monoisotopic (exact) mass is 467 g/mol. The van der Waals surface area contributed by atoms with Gasteiger partial charge in [0, 0.05) is 25.7 Å². The van der Waals surface area contributed by atoms with Crippen LogP contribution < -0.4 is 21.3 Å². The molecule has 0 aliphatic heterocycles. The van der Waals surface area contributed by atoms with Crippen molar-refractivity contribution in [3.05, 3.63) is 18.2 Å². The van der Waals surface area contributed by atoms with Crippen molar-refractivity contribution in [1.29, 1.82) is 0 Å². The van der Waals surface area contributed by atoms with Gasteiger partial charge in [0.25, 0.3) is 0 Å². The van der Waals surface area contributed by atoms with Crippen LogP contribution in [-0.4, -0.2) is 56.9 Å². The molecule has 1 aromatic carbocycles. The van der Waals surface area contributed by atoms with E-state index in [0.717, 1.165) is 45.1 Å². The summed E-state index contributed by atoms with van der Waals surface area (Å²) in [6.07, 6.45) is 6.01. The number of sulfonamides is 1. The summed E-state index contributed by atoms with van der Waals surface area (Å²) in [6, 6.07) is 4.43. The minimum absolute atomic E-state index is 0.118. The maximum atomic E-state index is 12.9. The van der Waals surface area contributed by atoms with Crippen molar-refractivity contribution in [1.82, 2.24) is 14.9 Å². The van der Waals surface area contributed by atoms with Gasteiger partial charge in [0.05, 0.1) is 22.8 Å². The highest BCUT2D eigenvalue weighted by Gasteiger charge is 2.23. The first-order valence-corrected chi connectivity index (χ1v) is 13.0. The summed E-state index contributed by atoms with van der Waals surface area (Å²) >= 11 is 0. The van der Waals surface area contributed by atoms with Crippen molar-refractivity contribution in [2.24, 2.45) is 0 Å². The number of hydrogen-bond donors (Lipinski definition) is 4. The van der Waals surface area contributed by atoms with Crippen LogP contribution in [0.2, 0.25) is 0 Å². The molecule has 1 saturated carbocycles. The van der Waals surface area contributed by atoms with E-state index in [1.54, 1.807) is 26.0 Å². The molecule has 0 atom stereocenters. The lowest BCUT2D eigenvalue weighted by Gasteiger charge is -2.20. The molecule has 0 radical (unpaired) electrons. The minimum atomic E-state index is -3.64. The number of urea groups is 1. The van der Waals surface area contributed by atoms with Crippen molar-refractivity contribution in [2.75, 3.05) is 36.8 Å². The lowest BCUT2D eigenvalue weighted by Crippen LogP contribution is -2.45. The second-order valence-corrected chi connectivity index (χ2v) is 9.87. The van der Waals surface area contributed by atoms with Crippen LogP contribution in [0.4, 0.5) is 16.2 Å². The third-order valence-electron chi connectivity index (χ3n) is 5.56. The number of benzene rings is 1. The fourth-order valence-electron chi connectivity index (χ4n) is 3.73. The molecule has 180 valence electrons. The molecule has 0 heterocycles. The second-order valence-electron chi connectivity index (χ2n) is 7.93. The maximum Gasteiger partial charge on any atom is 0.321 e. The van der Waals surface area contributed by atoms with Gasteiger partial charge in [-0.3, -0.25) is 10.1 Å². The van der Waals surface area contributed by atoms with Crippen molar-refractivity contribution in [3.8, 4) is 0 Å². The van der Waals surface area contributed by atoms with Crippen LogP contribution in [0.5, 0.6) is 0 Å². The zero-order valence-electron chi connectivity index (χ0n) is 19.4. The molecule has 0 aromatic heterocycles. The zero-order chi connectivity index (χ0) is 23.6. The normalized spacial score (nSPS) is 14.4. The minimum Gasteiger partial charge on any atom is -0.383 e. The predicted octanol–water partition coefficient (Wildman–Crippen LogP) is 3.11. The number of hydrogen-bond acceptors (Lipinski definition) is 6. The third-order valence-corrected chi connectivity index (χ3v) is 7.61. The van der Waals surface area contributed by atoms with Gasteiger partial charge in [-0.05, 0) is 37.5 Å². The van der Waals surface area contributed by atoms with Gasteiger partial charge in [0.15, 0.2) is 0 Å². The van der Waals surface area contributed by atoms with Gasteiger partial charge in [-0.15, -0.1) is 0 Å². The van der Waals surface area contributed by atoms with Crippen molar-refractivity contribution >= 4 is 33.3 Å². The van der Waals surface area contributed by atoms with Gasteiger partial charge in [-0.2, -0.15) is 4.31 Å². The van der Waals surface area contributed by atoms with E-state index in [9.17, 15) is 18.0 Å². The number of anilines is 2. The van der Waals surface area contributed by atoms with Gasteiger partial charge in [-0.25, -0.2) is 13.2 Å². The summed E-state index contributed by atoms with van der Waals surface area (Å²) < 4.78 is 27.2. The molecular formula is C22H37N5O4S. The number of carbonyl (C=O) groups is 2. The van der Waals surface area contributed by atoms with Gasteiger partial charge in [0.2, 0.25) is 15.9 Å². The van der Waals surface area contributed by atoms with E-state index in [0.29, 0.717) is 24.5 Å². The van der Waals surface area contributed by atoms with Crippen molar-refractivity contribution < 1.29 is 18.0 Å². The number of nitrogens with one attached hydrogen (secondary N) is 4. The summed E-state index contributed by atoms with van der Waals surface area (Å²) in [7, 11) is -3.64. The highest BCUT2D eigenvalue weighted by molar-refractivity contribution is 7.89. The van der Waals surface area contributed by atoms with Crippen LogP contribution in [0.1, 0.15) is 59.3 Å². The largest absolute Gasteiger partial charge is 0.383 e. The number of rotatable bonds is 12. The Balaban J connectivity index is 2.09. The Bertz CT molecular complexity index is 865. The Morgan fingerprint density at radius 3 is 2.34 bits per heavy atom. The first-order valence-electron chi connectivity index (χ1n) is 11.5. The average molecular weight is 468 g/mol. The zero-order valence-corrected chi connectivity index (χ0v) is 20.2. The molecular weight excluding hydrogens is 430 g/mol. The van der Waals surface area contributed by atoms with Crippen LogP contribution >= 0.6 is 0 Å². The summed E-state index contributed by atoms with van der Waals surface area (Å²) in [5.41, 5.74) is 1.21. The van der Waals surface area contributed by atoms with Crippen molar-refractivity contribution in [3.63, 3.8) is 0 Å². The van der Waals surface area contributed by atoms with Gasteiger partial charge < -0.3 is 16.0 Å². The summed E-state index contributed by atoms with van der Waals surface area (Å²) in [5, 5.41) is 11.4. The Kier molecular flexibility index (Phi) is 10.2. The van der Waals surface area contributed by atoms with Gasteiger partial charge in [0.1, 0.15) is 0 Å². The highest BCUT2D eigenvalue weighted by Crippen LogP contribution is 2.27. The lowest BCUT2D eigenvalue weighted by molar-refractivity contribution is -0.118. The number of amides is 3. The molecule has 0 bridgehead atoms. The van der Waals surface area contributed by atoms with Crippen LogP contribution in [0, 0.1) is 0 Å². The molecule has 0 saturated heterocycles. The smallest absolute Gasteiger partial charge is 0.321 e. The Labute approximate surface area is 191 Å². The van der Waals surface area contributed by atoms with Crippen LogP contribution in [0.25, 0.3) is 0 Å². The van der Waals surface area contributed by atoms with Crippen LogP contribution in [0.3, 0.4) is 0 Å². The second kappa shape index (κ2) is 12.6. The fraction of sp³-hybridized carbons (Fsp3) is 0.636. The van der Waals surface area contributed by atoms with Gasteiger partial charge in [-0.1, -0.05) is 40.0 Å². The molecule has 2 rings (SSSR count). The quantitative estimate of drug-likeness (QED) is 0.351. The molecule has 0 unspecified atom stereocenters. The Morgan fingerprint density at radius 2 is 1.72 bits per heavy atom. The van der Waals surface area contributed by atoms with Crippen LogP contribution in [0.15, 0.2) is 23.1 Å². The molecule has 0 spiro atoms. The van der Waals surface area contributed by atoms with E-state index in [1.807, 2.05) is 0 Å². The Morgan fingerprint density at radius 1 is 1.03 bits per heavy atom. The molecule has 1 aliphatic rings. The Hall–Kier alpha value is -2.33. The average Bonchev–Trinajstić information content (AvgIpc) is 3.26. The first-order chi connectivity index (χ1) is 15.3. The number of imide groups is 1. The third kappa shape index (κ3) is 7.37. The number of unbranched alkanes of at least 4 members (excludes halogenated alkanes) is 1. The molecule has 3 amide bonds. The van der Waals surface area contributed by atoms with E-state index >= 15 is 0 Å². The molecule has 32 heavy (non-hydrogen) atoms. The van der Waals surface area contributed by atoms with Gasteiger partial charge >= 0.3 is 6.03 Å². The summed E-state index contributed by atoms with van der Waals surface area (Å²) in [6.45, 7) is 6.98. The van der Waals surface area contributed by atoms with E-state index in [-0.39, 0.29) is 17.5 Å². The molecule has 4 N–H and O–H groups in total. The maximum absolute atomic E-state index is 12.9. The topological polar surface area (TPSA) is 120 Å². The molecule has 10 heteroatoms. The van der Waals surface area contributed by atoms with E-state index < -0.39 is 22.0 Å². The molecule has 1 aliphatic carbocycles. The fourth-order valence-corrected chi connectivity index (χ4v) is 5.22. The van der Waals surface area contributed by atoms with E-state index in [1.165, 1.54) is 10.4 Å². The first kappa shape index (κ1) is 25.9. The van der Waals surface area contributed by atoms with Crippen LogP contribution in [-0.2, 0) is 14.8 Å². The lowest BCUT2D eigenvalue weighted by atomic mass is 10.2. The SMILES string of the molecule is CCCCNc1ccc(S(=O)(=O)N(CC)CC)cc1NCC(=O)NC(=O)NC1CCCC1. The molecule has 1 fully saturated rings. The highest BCUT2D eigenvalue weighted by atomic mass is 32.2. The number of carbonyl (C=O) groups excluding carboxylic acids is 2.